The molecule has 0 radical (unpaired) electrons. The lowest BCUT2D eigenvalue weighted by molar-refractivity contribution is -0.143. The highest BCUT2D eigenvalue weighted by Gasteiger charge is 2.20. The summed E-state index contributed by atoms with van der Waals surface area (Å²) in [6.07, 6.45) is 56.2. The fraction of sp³-hybridized carbons (Fsp3) is 0.925. The Bertz CT molecular complexity index is 878. The third-order valence-corrected chi connectivity index (χ3v) is 12.3. The molecule has 1 amide bonds. The van der Waals surface area contributed by atoms with E-state index >= 15 is 0 Å². The van der Waals surface area contributed by atoms with Crippen molar-refractivity contribution in [2.45, 2.75) is 302 Å². The van der Waals surface area contributed by atoms with Gasteiger partial charge in [-0.1, -0.05) is 238 Å². The molecule has 3 N–H and O–H groups in total. The molecule has 0 aromatic rings. The second kappa shape index (κ2) is 49.3. The van der Waals surface area contributed by atoms with E-state index < -0.39 is 12.1 Å². The number of aliphatic hydroxyl groups excluding tert-OH is 2. The van der Waals surface area contributed by atoms with Gasteiger partial charge in [-0.15, -0.1) is 0 Å². The van der Waals surface area contributed by atoms with E-state index in [2.05, 4.69) is 31.3 Å². The predicted molar refractivity (Wildman–Crippen MR) is 255 cm³/mol. The average molecular weight is 834 g/mol. The van der Waals surface area contributed by atoms with Crippen LogP contribution in [0, 0.1) is 0 Å². The van der Waals surface area contributed by atoms with Crippen LogP contribution in [0.15, 0.2) is 12.2 Å². The molecule has 0 aromatic heterocycles. The van der Waals surface area contributed by atoms with Gasteiger partial charge >= 0.3 is 5.97 Å². The van der Waals surface area contributed by atoms with Crippen LogP contribution in [0.2, 0.25) is 0 Å². The van der Waals surface area contributed by atoms with E-state index in [1.807, 2.05) is 0 Å². The lowest BCUT2D eigenvalue weighted by Gasteiger charge is -2.22. The van der Waals surface area contributed by atoms with Crippen molar-refractivity contribution < 1.29 is 24.5 Å². The third kappa shape index (κ3) is 45.9. The Labute approximate surface area is 368 Å². The highest BCUT2D eigenvalue weighted by atomic mass is 16.5. The highest BCUT2D eigenvalue weighted by molar-refractivity contribution is 5.76. The molecule has 59 heavy (non-hydrogen) atoms. The largest absolute Gasteiger partial charge is 0.466 e. The Hall–Kier alpha value is -1.40. The minimum atomic E-state index is -0.667. The van der Waals surface area contributed by atoms with Crippen LogP contribution in [-0.2, 0) is 14.3 Å². The molecule has 6 heteroatoms. The van der Waals surface area contributed by atoms with Gasteiger partial charge in [0.05, 0.1) is 25.4 Å². The van der Waals surface area contributed by atoms with Crippen molar-refractivity contribution in [1.29, 1.82) is 0 Å². The monoisotopic (exact) mass is 834 g/mol. The van der Waals surface area contributed by atoms with Gasteiger partial charge < -0.3 is 20.3 Å². The number of hydrogen-bond donors (Lipinski definition) is 3. The minimum Gasteiger partial charge on any atom is -0.466 e. The molecule has 2 unspecified atom stereocenters. The average Bonchev–Trinajstić information content (AvgIpc) is 3.24. The fourth-order valence-electron chi connectivity index (χ4n) is 8.22. The molecule has 0 fully saturated rings. The summed E-state index contributed by atoms with van der Waals surface area (Å²) in [5, 5.41) is 23.1. The van der Waals surface area contributed by atoms with E-state index in [0.29, 0.717) is 25.9 Å². The van der Waals surface area contributed by atoms with E-state index in [4.69, 9.17) is 4.74 Å². The van der Waals surface area contributed by atoms with Crippen molar-refractivity contribution in [3.8, 4) is 0 Å². The molecule has 0 saturated carbocycles. The number of nitrogens with one attached hydrogen (secondary N) is 1. The number of amides is 1. The number of carbonyl (C=O) groups excluding carboxylic acids is 2. The van der Waals surface area contributed by atoms with Gasteiger partial charge in [0.2, 0.25) is 5.91 Å². The molecule has 0 aromatic carbocycles. The molecule has 0 bridgehead atoms. The van der Waals surface area contributed by atoms with E-state index in [0.717, 1.165) is 44.9 Å². The van der Waals surface area contributed by atoms with Gasteiger partial charge in [-0.2, -0.15) is 0 Å². The van der Waals surface area contributed by atoms with Gasteiger partial charge in [0.15, 0.2) is 0 Å². The zero-order valence-corrected chi connectivity index (χ0v) is 39.7. The standard InChI is InChI=1S/C53H103NO5/c1-3-5-7-9-11-13-14-15-16-17-18-21-24-27-31-35-39-43-47-53(58)59-48-44-40-36-32-28-25-22-19-20-23-26-30-34-38-42-46-52(57)54-50(49-55)51(56)45-41-37-33-29-12-10-8-6-4-2/h16-17,50-51,55-56H,3-15,18-49H2,1-2H3,(H,54,57)/b17-16-. The number of esters is 1. The predicted octanol–water partition coefficient (Wildman–Crippen LogP) is 15.7. The van der Waals surface area contributed by atoms with E-state index in [-0.39, 0.29) is 18.5 Å². The van der Waals surface area contributed by atoms with Gasteiger partial charge in [0, 0.05) is 12.8 Å². The smallest absolute Gasteiger partial charge is 0.305 e. The van der Waals surface area contributed by atoms with Crippen LogP contribution in [0.3, 0.4) is 0 Å². The number of rotatable bonds is 49. The Morgan fingerprint density at radius 2 is 0.797 bits per heavy atom. The number of unbranched alkanes of at least 4 members (excludes halogenated alkanes) is 36. The van der Waals surface area contributed by atoms with Crippen LogP contribution in [0.1, 0.15) is 290 Å². The second-order valence-electron chi connectivity index (χ2n) is 18.2. The van der Waals surface area contributed by atoms with Crippen LogP contribution in [0.4, 0.5) is 0 Å². The maximum atomic E-state index is 12.4. The van der Waals surface area contributed by atoms with Crippen molar-refractivity contribution >= 4 is 11.9 Å². The Balaban J connectivity index is 3.38. The lowest BCUT2D eigenvalue weighted by Crippen LogP contribution is -2.45. The van der Waals surface area contributed by atoms with Crippen LogP contribution in [0.25, 0.3) is 0 Å². The molecule has 0 heterocycles. The van der Waals surface area contributed by atoms with Gasteiger partial charge in [-0.3, -0.25) is 9.59 Å². The summed E-state index contributed by atoms with van der Waals surface area (Å²) in [5.74, 6) is -0.0478. The molecular weight excluding hydrogens is 731 g/mol. The van der Waals surface area contributed by atoms with Gasteiger partial charge in [0.1, 0.15) is 0 Å². The maximum absolute atomic E-state index is 12.4. The van der Waals surface area contributed by atoms with E-state index in [1.54, 1.807) is 0 Å². The van der Waals surface area contributed by atoms with Crippen LogP contribution in [0.5, 0.6) is 0 Å². The molecule has 0 rings (SSSR count). The Kier molecular flexibility index (Phi) is 48.1. The quantitative estimate of drug-likeness (QED) is 0.0322. The summed E-state index contributed by atoms with van der Waals surface area (Å²) < 4.78 is 5.48. The summed E-state index contributed by atoms with van der Waals surface area (Å²) in [6.45, 7) is 4.92. The van der Waals surface area contributed by atoms with Crippen LogP contribution in [-0.4, -0.2) is 47.4 Å². The van der Waals surface area contributed by atoms with Crippen molar-refractivity contribution in [3.63, 3.8) is 0 Å². The van der Waals surface area contributed by atoms with E-state index in [9.17, 15) is 19.8 Å². The molecule has 0 aliphatic carbocycles. The normalized spacial score (nSPS) is 12.7. The molecule has 0 saturated heterocycles. The Morgan fingerprint density at radius 1 is 0.458 bits per heavy atom. The van der Waals surface area contributed by atoms with Crippen molar-refractivity contribution in [1.82, 2.24) is 5.32 Å². The maximum Gasteiger partial charge on any atom is 0.305 e. The topological polar surface area (TPSA) is 95.9 Å². The summed E-state index contributed by atoms with van der Waals surface area (Å²) in [7, 11) is 0. The first-order valence-corrected chi connectivity index (χ1v) is 26.4. The SMILES string of the molecule is CCCCCCCCC/C=C\CCCCCCCCCC(=O)OCCCCCCCCCCCCCCCCCC(=O)NC(CO)C(O)CCCCCCCCCCC. The molecule has 0 spiro atoms. The van der Waals surface area contributed by atoms with Gasteiger partial charge in [-0.25, -0.2) is 0 Å². The first kappa shape index (κ1) is 57.6. The van der Waals surface area contributed by atoms with Gasteiger partial charge in [0.25, 0.3) is 0 Å². The molecule has 0 aliphatic rings. The van der Waals surface area contributed by atoms with Crippen LogP contribution < -0.4 is 5.32 Å². The first-order chi connectivity index (χ1) is 29.0. The van der Waals surface area contributed by atoms with Gasteiger partial charge in [-0.05, 0) is 51.4 Å². The zero-order chi connectivity index (χ0) is 43.0. The van der Waals surface area contributed by atoms with Crippen LogP contribution >= 0.6 is 0 Å². The van der Waals surface area contributed by atoms with E-state index in [1.165, 1.54) is 212 Å². The summed E-state index contributed by atoms with van der Waals surface area (Å²) in [4.78, 5) is 24.4. The number of aliphatic hydroxyl groups is 2. The lowest BCUT2D eigenvalue weighted by atomic mass is 10.0. The summed E-state index contributed by atoms with van der Waals surface area (Å²) >= 11 is 0. The minimum absolute atomic E-state index is 0.00229. The number of ether oxygens (including phenoxy) is 1. The molecule has 2 atom stereocenters. The fourth-order valence-corrected chi connectivity index (χ4v) is 8.22. The summed E-state index contributed by atoms with van der Waals surface area (Å²) in [5.41, 5.74) is 0. The number of hydrogen-bond acceptors (Lipinski definition) is 5. The zero-order valence-electron chi connectivity index (χ0n) is 39.7. The molecule has 350 valence electrons. The van der Waals surface area contributed by atoms with Crippen molar-refractivity contribution in [2.75, 3.05) is 13.2 Å². The number of allylic oxidation sites excluding steroid dienone is 2. The van der Waals surface area contributed by atoms with Crippen molar-refractivity contribution in [3.05, 3.63) is 12.2 Å². The molecular formula is C53H103NO5. The Morgan fingerprint density at radius 3 is 1.20 bits per heavy atom. The highest BCUT2D eigenvalue weighted by Crippen LogP contribution is 2.16. The molecule has 6 nitrogen and oxygen atoms in total. The molecule has 0 aliphatic heterocycles. The second-order valence-corrected chi connectivity index (χ2v) is 18.2. The van der Waals surface area contributed by atoms with Crippen molar-refractivity contribution in [2.24, 2.45) is 0 Å². The third-order valence-electron chi connectivity index (χ3n) is 12.3. The first-order valence-electron chi connectivity index (χ1n) is 26.4. The number of carbonyl (C=O) groups is 2. The summed E-state index contributed by atoms with van der Waals surface area (Å²) in [6, 6.07) is -0.545.